The summed E-state index contributed by atoms with van der Waals surface area (Å²) in [6.45, 7) is 5.09. The summed E-state index contributed by atoms with van der Waals surface area (Å²) in [5, 5.41) is 2.94. The number of nitrogens with one attached hydrogen (secondary N) is 1. The molecule has 110 valence electrons. The molecule has 0 aromatic heterocycles. The minimum Gasteiger partial charge on any atom is -0.494 e. The van der Waals surface area contributed by atoms with Crippen LogP contribution in [0.3, 0.4) is 0 Å². The first-order valence-electron chi connectivity index (χ1n) is 7.22. The molecule has 2 rings (SSSR count). The number of rotatable bonds is 6. The van der Waals surface area contributed by atoms with Gasteiger partial charge in [0.05, 0.1) is 13.0 Å². The molecule has 0 saturated carbocycles. The van der Waals surface area contributed by atoms with Crippen LogP contribution in [0, 0.1) is 6.92 Å². The maximum absolute atomic E-state index is 12.0. The molecule has 2 aromatic carbocycles. The third-order valence-corrected chi connectivity index (χ3v) is 3.23. The number of carbonyl (C=O) groups excluding carboxylic acids is 1. The van der Waals surface area contributed by atoms with Crippen LogP contribution in [0.15, 0.2) is 48.5 Å². The van der Waals surface area contributed by atoms with Crippen molar-refractivity contribution in [3.8, 4) is 5.75 Å². The van der Waals surface area contributed by atoms with E-state index in [4.69, 9.17) is 4.74 Å². The van der Waals surface area contributed by atoms with E-state index in [1.807, 2.05) is 62.4 Å². The normalized spacial score (nSPS) is 10.2. The van der Waals surface area contributed by atoms with Crippen molar-refractivity contribution >= 4 is 5.91 Å². The molecule has 0 unspecified atom stereocenters. The molecular formula is C18H21NO2. The summed E-state index contributed by atoms with van der Waals surface area (Å²) >= 11 is 0. The number of benzene rings is 2. The summed E-state index contributed by atoms with van der Waals surface area (Å²) in [5.41, 5.74) is 3.22. The van der Waals surface area contributed by atoms with Crippen molar-refractivity contribution in [2.45, 2.75) is 26.8 Å². The number of carbonyl (C=O) groups is 1. The molecule has 0 aliphatic carbocycles. The minimum absolute atomic E-state index is 0.0187. The van der Waals surface area contributed by atoms with E-state index in [-0.39, 0.29) is 5.91 Å². The maximum atomic E-state index is 12.0. The van der Waals surface area contributed by atoms with Gasteiger partial charge in [-0.15, -0.1) is 0 Å². The number of amides is 1. The highest BCUT2D eigenvalue weighted by atomic mass is 16.5. The average molecular weight is 283 g/mol. The van der Waals surface area contributed by atoms with Crippen LogP contribution in [0.2, 0.25) is 0 Å². The Labute approximate surface area is 126 Å². The first-order chi connectivity index (χ1) is 10.2. The molecule has 3 nitrogen and oxygen atoms in total. The van der Waals surface area contributed by atoms with Gasteiger partial charge in [0.2, 0.25) is 5.91 Å². The molecule has 0 spiro atoms. The molecule has 3 heteroatoms. The summed E-state index contributed by atoms with van der Waals surface area (Å²) < 4.78 is 5.55. The van der Waals surface area contributed by atoms with Crippen molar-refractivity contribution in [2.75, 3.05) is 6.61 Å². The third-order valence-electron chi connectivity index (χ3n) is 3.23. The Bertz CT molecular complexity index is 590. The third kappa shape index (κ3) is 4.63. The molecule has 0 radical (unpaired) electrons. The van der Waals surface area contributed by atoms with E-state index in [1.165, 1.54) is 5.56 Å². The molecule has 0 aliphatic rings. The Kier molecular flexibility index (Phi) is 5.38. The van der Waals surface area contributed by atoms with E-state index in [0.717, 1.165) is 16.9 Å². The van der Waals surface area contributed by atoms with Gasteiger partial charge in [0, 0.05) is 12.1 Å². The van der Waals surface area contributed by atoms with Crippen molar-refractivity contribution in [1.29, 1.82) is 0 Å². The lowest BCUT2D eigenvalue weighted by Crippen LogP contribution is -2.24. The Balaban J connectivity index is 1.90. The van der Waals surface area contributed by atoms with Gasteiger partial charge in [-0.3, -0.25) is 4.79 Å². The van der Waals surface area contributed by atoms with Crippen LogP contribution >= 0.6 is 0 Å². The molecule has 0 heterocycles. The van der Waals surface area contributed by atoms with Crippen LogP contribution < -0.4 is 10.1 Å². The highest BCUT2D eigenvalue weighted by molar-refractivity contribution is 5.78. The number of ether oxygens (including phenoxy) is 1. The van der Waals surface area contributed by atoms with Crippen molar-refractivity contribution in [1.82, 2.24) is 5.32 Å². The van der Waals surface area contributed by atoms with Crippen molar-refractivity contribution in [3.05, 3.63) is 65.2 Å². The van der Waals surface area contributed by atoms with Crippen molar-refractivity contribution in [3.63, 3.8) is 0 Å². The van der Waals surface area contributed by atoms with Gasteiger partial charge in [0.25, 0.3) is 0 Å². The smallest absolute Gasteiger partial charge is 0.224 e. The Morgan fingerprint density at radius 2 is 1.81 bits per heavy atom. The summed E-state index contributed by atoms with van der Waals surface area (Å²) in [6.07, 6.45) is 0.400. The van der Waals surface area contributed by atoms with E-state index in [0.29, 0.717) is 19.6 Å². The van der Waals surface area contributed by atoms with Gasteiger partial charge in [-0.1, -0.05) is 48.0 Å². The van der Waals surface area contributed by atoms with E-state index < -0.39 is 0 Å². The highest BCUT2D eigenvalue weighted by Gasteiger charge is 2.06. The van der Waals surface area contributed by atoms with E-state index in [2.05, 4.69) is 5.32 Å². The molecule has 21 heavy (non-hydrogen) atoms. The minimum atomic E-state index is 0.0187. The zero-order valence-corrected chi connectivity index (χ0v) is 12.6. The fourth-order valence-corrected chi connectivity index (χ4v) is 2.09. The molecule has 1 N–H and O–H groups in total. The van der Waals surface area contributed by atoms with Gasteiger partial charge in [-0.2, -0.15) is 0 Å². The van der Waals surface area contributed by atoms with Gasteiger partial charge >= 0.3 is 0 Å². The molecule has 0 aliphatic heterocycles. The molecule has 0 bridgehead atoms. The lowest BCUT2D eigenvalue weighted by Gasteiger charge is -2.11. The fourth-order valence-electron chi connectivity index (χ4n) is 2.09. The second-order valence-electron chi connectivity index (χ2n) is 4.98. The van der Waals surface area contributed by atoms with Gasteiger partial charge < -0.3 is 10.1 Å². The van der Waals surface area contributed by atoms with Gasteiger partial charge in [0.1, 0.15) is 5.75 Å². The van der Waals surface area contributed by atoms with Gasteiger partial charge in [0.15, 0.2) is 0 Å². The van der Waals surface area contributed by atoms with Crippen LogP contribution in [0.1, 0.15) is 23.6 Å². The molecular weight excluding hydrogens is 262 g/mol. The zero-order chi connectivity index (χ0) is 15.1. The van der Waals surface area contributed by atoms with Crippen molar-refractivity contribution < 1.29 is 9.53 Å². The lowest BCUT2D eigenvalue weighted by atomic mass is 10.1. The largest absolute Gasteiger partial charge is 0.494 e. The highest BCUT2D eigenvalue weighted by Crippen LogP contribution is 2.17. The van der Waals surface area contributed by atoms with Crippen LogP contribution in [-0.4, -0.2) is 12.5 Å². The zero-order valence-electron chi connectivity index (χ0n) is 12.6. The first-order valence-corrected chi connectivity index (χ1v) is 7.22. The monoisotopic (exact) mass is 283 g/mol. The quantitative estimate of drug-likeness (QED) is 0.883. The summed E-state index contributed by atoms with van der Waals surface area (Å²) in [5.74, 6) is 0.848. The van der Waals surface area contributed by atoms with E-state index in [1.54, 1.807) is 0 Å². The molecule has 0 atom stereocenters. The Hall–Kier alpha value is -2.29. The lowest BCUT2D eigenvalue weighted by molar-refractivity contribution is -0.120. The van der Waals surface area contributed by atoms with E-state index in [9.17, 15) is 4.79 Å². The van der Waals surface area contributed by atoms with Gasteiger partial charge in [-0.05, 0) is 25.5 Å². The predicted molar refractivity (Wildman–Crippen MR) is 84.3 cm³/mol. The summed E-state index contributed by atoms with van der Waals surface area (Å²) in [6, 6.07) is 15.8. The molecule has 0 saturated heterocycles. The van der Waals surface area contributed by atoms with Crippen molar-refractivity contribution in [2.24, 2.45) is 0 Å². The van der Waals surface area contributed by atoms with Crippen LogP contribution in [0.25, 0.3) is 0 Å². The average Bonchev–Trinajstić information content (AvgIpc) is 2.49. The number of para-hydroxylation sites is 1. The van der Waals surface area contributed by atoms with Crippen LogP contribution in [0.4, 0.5) is 0 Å². The van der Waals surface area contributed by atoms with Crippen LogP contribution in [-0.2, 0) is 17.8 Å². The second-order valence-corrected chi connectivity index (χ2v) is 4.98. The van der Waals surface area contributed by atoms with Crippen LogP contribution in [0.5, 0.6) is 5.75 Å². The Morgan fingerprint density at radius 1 is 1.10 bits per heavy atom. The maximum Gasteiger partial charge on any atom is 0.224 e. The van der Waals surface area contributed by atoms with Gasteiger partial charge in [-0.25, -0.2) is 0 Å². The number of aryl methyl sites for hydroxylation is 1. The standard InChI is InChI=1S/C18H21NO2/c1-3-21-17-7-5-4-6-16(17)13-19-18(20)12-15-10-8-14(2)9-11-15/h4-11H,3,12-13H2,1-2H3,(H,19,20). The molecule has 2 aromatic rings. The number of hydrogen-bond donors (Lipinski definition) is 1. The molecule has 1 amide bonds. The predicted octanol–water partition coefficient (Wildman–Crippen LogP) is 3.25. The topological polar surface area (TPSA) is 38.3 Å². The second kappa shape index (κ2) is 7.48. The first kappa shape index (κ1) is 15.1. The summed E-state index contributed by atoms with van der Waals surface area (Å²) in [4.78, 5) is 12.0. The fraction of sp³-hybridized carbons (Fsp3) is 0.278. The van der Waals surface area contributed by atoms with E-state index >= 15 is 0 Å². The summed E-state index contributed by atoms with van der Waals surface area (Å²) in [7, 11) is 0. The SMILES string of the molecule is CCOc1ccccc1CNC(=O)Cc1ccc(C)cc1. The number of hydrogen-bond acceptors (Lipinski definition) is 2. The Morgan fingerprint density at radius 3 is 2.52 bits per heavy atom. The molecule has 0 fully saturated rings.